The largest absolute Gasteiger partial charge is 0.497 e. The quantitative estimate of drug-likeness (QED) is 0.704. The van der Waals surface area contributed by atoms with Crippen molar-refractivity contribution >= 4 is 10.9 Å². The number of rotatable bonds is 4. The van der Waals surface area contributed by atoms with Gasteiger partial charge in [0, 0.05) is 17.1 Å². The molecule has 0 spiro atoms. The molecule has 0 saturated heterocycles. The molecule has 2 aromatic rings. The Morgan fingerprint density at radius 1 is 1.35 bits per heavy atom. The zero-order valence-corrected chi connectivity index (χ0v) is 10.3. The lowest BCUT2D eigenvalue weighted by atomic mass is 10.0. The Kier molecular flexibility index (Phi) is 3.09. The highest BCUT2D eigenvalue weighted by Gasteiger charge is 2.13. The molecule has 0 bridgehead atoms. The number of aromatic nitrogens is 1. The predicted octanol–water partition coefficient (Wildman–Crippen LogP) is 1.74. The lowest BCUT2D eigenvalue weighted by Gasteiger charge is -2.17. The van der Waals surface area contributed by atoms with Gasteiger partial charge in [0.2, 0.25) is 0 Å². The third-order valence-corrected chi connectivity index (χ3v) is 2.91. The molecule has 0 aliphatic rings. The fraction of sp³-hybridized carbons (Fsp3) is 0.385. The van der Waals surface area contributed by atoms with Crippen LogP contribution in [0.15, 0.2) is 24.4 Å². The monoisotopic (exact) mass is 233 g/mol. The van der Waals surface area contributed by atoms with Crippen molar-refractivity contribution in [2.45, 2.75) is 25.4 Å². The van der Waals surface area contributed by atoms with E-state index in [-0.39, 0.29) is 0 Å². The van der Waals surface area contributed by atoms with E-state index >= 15 is 0 Å². The summed E-state index contributed by atoms with van der Waals surface area (Å²) in [5.74, 6) is 0.863. The molecule has 92 valence electrons. The highest BCUT2D eigenvalue weighted by molar-refractivity contribution is 5.84. The van der Waals surface area contributed by atoms with E-state index in [4.69, 9.17) is 16.2 Å². The van der Waals surface area contributed by atoms with Gasteiger partial charge in [0.15, 0.2) is 0 Å². The number of H-pyrrole nitrogens is 1. The molecule has 4 nitrogen and oxygen atoms in total. The Hall–Kier alpha value is -1.52. The molecular formula is C13H19N3O. The number of hydrogen-bond donors (Lipinski definition) is 3. The number of methoxy groups -OCH3 is 1. The van der Waals surface area contributed by atoms with Gasteiger partial charge in [0.1, 0.15) is 5.75 Å². The van der Waals surface area contributed by atoms with Crippen LogP contribution in [0.3, 0.4) is 0 Å². The summed E-state index contributed by atoms with van der Waals surface area (Å²) in [6, 6.07) is 5.99. The van der Waals surface area contributed by atoms with E-state index in [1.807, 2.05) is 31.3 Å². The van der Waals surface area contributed by atoms with Crippen molar-refractivity contribution in [2.75, 3.05) is 7.11 Å². The summed E-state index contributed by atoms with van der Waals surface area (Å²) in [6.07, 6.45) is 3.61. The number of aryl methyl sites for hydroxylation is 1. The van der Waals surface area contributed by atoms with Gasteiger partial charge < -0.3 is 21.2 Å². The Labute approximate surface area is 101 Å². The van der Waals surface area contributed by atoms with Crippen LogP contribution in [0.4, 0.5) is 0 Å². The molecule has 0 saturated carbocycles. The normalized spacial score (nSPS) is 12.0. The number of ether oxygens (including phenoxy) is 1. The SMILES string of the molecule is COc1ccc2[nH]cc(CCC(C)(N)N)c2c1. The van der Waals surface area contributed by atoms with Crippen molar-refractivity contribution in [1.82, 2.24) is 4.98 Å². The molecule has 0 atom stereocenters. The fourth-order valence-electron chi connectivity index (χ4n) is 1.90. The van der Waals surface area contributed by atoms with E-state index < -0.39 is 5.66 Å². The average molecular weight is 233 g/mol. The molecule has 0 fully saturated rings. The molecule has 1 aromatic heterocycles. The molecule has 2 rings (SSSR count). The van der Waals surface area contributed by atoms with E-state index in [0.29, 0.717) is 0 Å². The van der Waals surface area contributed by atoms with E-state index in [9.17, 15) is 0 Å². The molecule has 0 unspecified atom stereocenters. The van der Waals surface area contributed by atoms with Gasteiger partial charge in [-0.1, -0.05) is 0 Å². The number of nitrogens with two attached hydrogens (primary N) is 2. The van der Waals surface area contributed by atoms with E-state index in [1.54, 1.807) is 7.11 Å². The van der Waals surface area contributed by atoms with Crippen molar-refractivity contribution in [3.8, 4) is 5.75 Å². The smallest absolute Gasteiger partial charge is 0.119 e. The summed E-state index contributed by atoms with van der Waals surface area (Å²) in [7, 11) is 1.67. The standard InChI is InChI=1S/C13H19N3O/c1-13(14,15)6-5-9-8-16-12-4-3-10(17-2)7-11(9)12/h3-4,7-8,16H,5-6,14-15H2,1-2H3. The number of aromatic amines is 1. The minimum absolute atomic E-state index is 0.623. The van der Waals surface area contributed by atoms with Crippen molar-refractivity contribution in [2.24, 2.45) is 11.5 Å². The van der Waals surface area contributed by atoms with Gasteiger partial charge in [-0.2, -0.15) is 0 Å². The lowest BCUT2D eigenvalue weighted by molar-refractivity contribution is 0.415. The van der Waals surface area contributed by atoms with E-state index in [0.717, 1.165) is 24.1 Å². The number of fused-ring (bicyclic) bond motifs is 1. The molecule has 0 aliphatic heterocycles. The van der Waals surface area contributed by atoms with Gasteiger partial charge in [0.05, 0.1) is 12.8 Å². The topological polar surface area (TPSA) is 77.1 Å². The Morgan fingerprint density at radius 3 is 2.76 bits per heavy atom. The van der Waals surface area contributed by atoms with Crippen LogP contribution in [0, 0.1) is 0 Å². The van der Waals surface area contributed by atoms with Crippen LogP contribution in [0.25, 0.3) is 10.9 Å². The van der Waals surface area contributed by atoms with Crippen LogP contribution >= 0.6 is 0 Å². The highest BCUT2D eigenvalue weighted by atomic mass is 16.5. The van der Waals surface area contributed by atoms with E-state index in [1.165, 1.54) is 10.9 Å². The fourth-order valence-corrected chi connectivity index (χ4v) is 1.90. The Bertz CT molecular complexity index is 511. The molecule has 1 heterocycles. The van der Waals surface area contributed by atoms with Crippen LogP contribution in [-0.4, -0.2) is 17.8 Å². The van der Waals surface area contributed by atoms with Gasteiger partial charge in [-0.15, -0.1) is 0 Å². The Balaban J connectivity index is 2.28. The number of benzene rings is 1. The maximum Gasteiger partial charge on any atom is 0.119 e. The van der Waals surface area contributed by atoms with Crippen molar-refractivity contribution in [3.05, 3.63) is 30.0 Å². The van der Waals surface area contributed by atoms with E-state index in [2.05, 4.69) is 4.98 Å². The first kappa shape index (κ1) is 12.0. The molecule has 1 aromatic carbocycles. The minimum atomic E-state index is -0.623. The van der Waals surface area contributed by atoms with Crippen molar-refractivity contribution in [1.29, 1.82) is 0 Å². The Morgan fingerprint density at radius 2 is 2.12 bits per heavy atom. The second-order valence-electron chi connectivity index (χ2n) is 4.73. The first-order chi connectivity index (χ1) is 7.99. The maximum atomic E-state index is 5.80. The molecule has 17 heavy (non-hydrogen) atoms. The van der Waals surface area contributed by atoms with Gasteiger partial charge >= 0.3 is 0 Å². The second-order valence-corrected chi connectivity index (χ2v) is 4.73. The molecule has 0 amide bonds. The van der Waals surface area contributed by atoms with Crippen LogP contribution < -0.4 is 16.2 Å². The van der Waals surface area contributed by atoms with Crippen LogP contribution in [0.5, 0.6) is 5.75 Å². The van der Waals surface area contributed by atoms with Gasteiger partial charge in [-0.3, -0.25) is 0 Å². The van der Waals surface area contributed by atoms with Crippen LogP contribution in [-0.2, 0) is 6.42 Å². The highest BCUT2D eigenvalue weighted by Crippen LogP contribution is 2.24. The van der Waals surface area contributed by atoms with Crippen LogP contribution in [0.2, 0.25) is 0 Å². The molecule has 0 aliphatic carbocycles. The third kappa shape index (κ3) is 2.78. The van der Waals surface area contributed by atoms with Gasteiger partial charge in [-0.05, 0) is 43.5 Å². The molecule has 4 heteroatoms. The summed E-state index contributed by atoms with van der Waals surface area (Å²) in [5, 5.41) is 1.17. The zero-order valence-electron chi connectivity index (χ0n) is 10.3. The summed E-state index contributed by atoms with van der Waals surface area (Å²) < 4.78 is 5.23. The predicted molar refractivity (Wildman–Crippen MR) is 70.0 cm³/mol. The summed E-state index contributed by atoms with van der Waals surface area (Å²) in [6.45, 7) is 1.84. The third-order valence-electron chi connectivity index (χ3n) is 2.91. The summed E-state index contributed by atoms with van der Waals surface area (Å²) in [4.78, 5) is 3.24. The summed E-state index contributed by atoms with van der Waals surface area (Å²) in [5.41, 5.74) is 13.3. The first-order valence-electron chi connectivity index (χ1n) is 5.71. The van der Waals surface area contributed by atoms with Crippen LogP contribution in [0.1, 0.15) is 18.9 Å². The molecule has 0 radical (unpaired) electrons. The second kappa shape index (κ2) is 4.39. The van der Waals surface area contributed by atoms with Gasteiger partial charge in [0.25, 0.3) is 0 Å². The van der Waals surface area contributed by atoms with Crippen molar-refractivity contribution in [3.63, 3.8) is 0 Å². The summed E-state index contributed by atoms with van der Waals surface area (Å²) >= 11 is 0. The first-order valence-corrected chi connectivity index (χ1v) is 5.71. The molecular weight excluding hydrogens is 214 g/mol. The molecule has 5 N–H and O–H groups in total. The number of nitrogens with one attached hydrogen (secondary N) is 1. The average Bonchev–Trinajstić information content (AvgIpc) is 2.67. The maximum absolute atomic E-state index is 5.80. The number of hydrogen-bond acceptors (Lipinski definition) is 3. The lowest BCUT2D eigenvalue weighted by Crippen LogP contribution is -2.46. The van der Waals surface area contributed by atoms with Crippen molar-refractivity contribution < 1.29 is 4.74 Å². The minimum Gasteiger partial charge on any atom is -0.497 e. The zero-order chi connectivity index (χ0) is 12.5. The van der Waals surface area contributed by atoms with Gasteiger partial charge in [-0.25, -0.2) is 0 Å².